The number of phenolic OH excluding ortho intramolecular Hbond substituents is 1. The van der Waals surface area contributed by atoms with E-state index < -0.39 is 10.0 Å². The molecule has 9 heteroatoms. The molecule has 0 heterocycles. The lowest BCUT2D eigenvalue weighted by molar-refractivity contribution is 0.474. The van der Waals surface area contributed by atoms with Crippen molar-refractivity contribution in [3.05, 3.63) is 57.0 Å². The number of halogens is 3. The SMILES string of the molecule is O=S(=O)(NN=Cc1cc(Cl)cc(Cl)c1O)c1ccc(Cl)cc1. The van der Waals surface area contributed by atoms with Crippen molar-refractivity contribution in [3.63, 3.8) is 0 Å². The first-order valence-corrected chi connectivity index (χ1v) is 8.40. The van der Waals surface area contributed by atoms with Crippen molar-refractivity contribution in [2.45, 2.75) is 4.90 Å². The molecule has 0 aliphatic rings. The number of hydrogen-bond donors (Lipinski definition) is 2. The fraction of sp³-hybridized carbons (Fsp3) is 0. The minimum atomic E-state index is -3.83. The highest BCUT2D eigenvalue weighted by Gasteiger charge is 2.12. The number of rotatable bonds is 4. The Labute approximate surface area is 142 Å². The zero-order chi connectivity index (χ0) is 16.3. The number of phenols is 1. The summed E-state index contributed by atoms with van der Waals surface area (Å²) in [5.41, 5.74) is 0.177. The van der Waals surface area contributed by atoms with E-state index in [4.69, 9.17) is 34.8 Å². The molecule has 0 radical (unpaired) electrons. The molecule has 0 fully saturated rings. The summed E-state index contributed by atoms with van der Waals surface area (Å²) in [4.78, 5) is 2.01. The van der Waals surface area contributed by atoms with Crippen molar-refractivity contribution in [2.24, 2.45) is 5.10 Å². The van der Waals surface area contributed by atoms with Gasteiger partial charge in [0.2, 0.25) is 0 Å². The molecule has 2 N–H and O–H groups in total. The molecule has 0 saturated heterocycles. The zero-order valence-corrected chi connectivity index (χ0v) is 13.9. The van der Waals surface area contributed by atoms with Gasteiger partial charge in [-0.3, -0.25) is 0 Å². The second kappa shape index (κ2) is 6.75. The number of hydrazone groups is 1. The van der Waals surface area contributed by atoms with Crippen molar-refractivity contribution in [1.29, 1.82) is 0 Å². The van der Waals surface area contributed by atoms with Crippen LogP contribution in [0.5, 0.6) is 5.75 Å². The fourth-order valence-corrected chi connectivity index (χ4v) is 2.94. The number of nitrogens with one attached hydrogen (secondary N) is 1. The highest BCUT2D eigenvalue weighted by Crippen LogP contribution is 2.29. The summed E-state index contributed by atoms with van der Waals surface area (Å²) in [5.74, 6) is -0.250. The van der Waals surface area contributed by atoms with Crippen molar-refractivity contribution >= 4 is 51.0 Å². The highest BCUT2D eigenvalue weighted by atomic mass is 35.5. The number of benzene rings is 2. The van der Waals surface area contributed by atoms with Crippen molar-refractivity contribution in [1.82, 2.24) is 4.83 Å². The van der Waals surface area contributed by atoms with E-state index >= 15 is 0 Å². The number of aromatic hydroxyl groups is 1. The smallest absolute Gasteiger partial charge is 0.276 e. The number of hydrogen-bond acceptors (Lipinski definition) is 4. The Morgan fingerprint density at radius 1 is 1.05 bits per heavy atom. The molecule has 116 valence electrons. The third-order valence-electron chi connectivity index (χ3n) is 2.56. The van der Waals surface area contributed by atoms with Crippen LogP contribution in [-0.2, 0) is 10.0 Å². The summed E-state index contributed by atoms with van der Waals surface area (Å²) in [6.45, 7) is 0. The van der Waals surface area contributed by atoms with Crippen LogP contribution in [0.1, 0.15) is 5.56 Å². The van der Waals surface area contributed by atoms with Gasteiger partial charge < -0.3 is 5.11 Å². The van der Waals surface area contributed by atoms with E-state index in [1.165, 1.54) is 36.4 Å². The first-order valence-electron chi connectivity index (χ1n) is 5.78. The maximum absolute atomic E-state index is 12.0. The Balaban J connectivity index is 2.20. The van der Waals surface area contributed by atoms with E-state index in [0.29, 0.717) is 5.02 Å². The van der Waals surface area contributed by atoms with E-state index in [1.54, 1.807) is 0 Å². The predicted octanol–water partition coefficient (Wildman–Crippen LogP) is 3.66. The summed E-state index contributed by atoms with van der Waals surface area (Å²) in [7, 11) is -3.83. The Morgan fingerprint density at radius 3 is 2.32 bits per heavy atom. The Bertz CT molecular complexity index is 821. The van der Waals surface area contributed by atoms with Crippen LogP contribution in [0.3, 0.4) is 0 Å². The molecular formula is C13H9Cl3N2O3S. The average molecular weight is 380 g/mol. The molecule has 0 bridgehead atoms. The van der Waals surface area contributed by atoms with Crippen LogP contribution in [0.4, 0.5) is 0 Å². The molecule has 5 nitrogen and oxygen atoms in total. The normalized spacial score (nSPS) is 11.8. The van der Waals surface area contributed by atoms with Crippen LogP contribution >= 0.6 is 34.8 Å². The Morgan fingerprint density at radius 2 is 1.68 bits per heavy atom. The molecule has 0 amide bonds. The number of nitrogens with zero attached hydrogens (tertiary/aromatic N) is 1. The van der Waals surface area contributed by atoms with Crippen molar-refractivity contribution < 1.29 is 13.5 Å². The zero-order valence-electron chi connectivity index (χ0n) is 10.8. The summed E-state index contributed by atoms with van der Waals surface area (Å²) in [6, 6.07) is 8.32. The quantitative estimate of drug-likeness (QED) is 0.628. The standard InChI is InChI=1S/C13H9Cl3N2O3S/c14-9-1-3-11(4-2-9)22(20,21)18-17-7-8-5-10(15)6-12(16)13(8)19/h1-7,18-19H. The third kappa shape index (κ3) is 4.04. The highest BCUT2D eigenvalue weighted by molar-refractivity contribution is 7.89. The van der Waals surface area contributed by atoms with Crippen LogP contribution in [-0.4, -0.2) is 19.7 Å². The molecule has 0 aliphatic carbocycles. The first-order chi connectivity index (χ1) is 10.3. The van der Waals surface area contributed by atoms with Crippen LogP contribution in [0.2, 0.25) is 15.1 Å². The van der Waals surface area contributed by atoms with Crippen molar-refractivity contribution in [2.75, 3.05) is 0 Å². The van der Waals surface area contributed by atoms with Gasteiger partial charge in [-0.25, -0.2) is 4.83 Å². The van der Waals surface area contributed by atoms with Crippen LogP contribution in [0.25, 0.3) is 0 Å². The van der Waals surface area contributed by atoms with E-state index in [9.17, 15) is 13.5 Å². The predicted molar refractivity (Wildman–Crippen MR) is 87.5 cm³/mol. The van der Waals surface area contributed by atoms with Gasteiger partial charge in [0.15, 0.2) is 0 Å². The average Bonchev–Trinajstić information content (AvgIpc) is 2.44. The lowest BCUT2D eigenvalue weighted by Gasteiger charge is -2.04. The maximum atomic E-state index is 12.0. The summed E-state index contributed by atoms with van der Waals surface area (Å²) >= 11 is 17.2. The second-order valence-electron chi connectivity index (χ2n) is 4.13. The monoisotopic (exact) mass is 378 g/mol. The summed E-state index contributed by atoms with van der Waals surface area (Å²) in [6.07, 6.45) is 1.10. The summed E-state index contributed by atoms with van der Waals surface area (Å²) in [5, 5.41) is 14.0. The first kappa shape index (κ1) is 16.9. The van der Waals surface area contributed by atoms with Gasteiger partial charge in [0, 0.05) is 15.6 Å². The molecule has 2 aromatic rings. The van der Waals surface area contributed by atoms with E-state index in [2.05, 4.69) is 5.10 Å². The molecule has 22 heavy (non-hydrogen) atoms. The topological polar surface area (TPSA) is 78.8 Å². The molecular weight excluding hydrogens is 371 g/mol. The van der Waals surface area contributed by atoms with E-state index in [0.717, 1.165) is 6.21 Å². The minimum absolute atomic E-state index is 0.00222. The van der Waals surface area contributed by atoms with Gasteiger partial charge in [-0.15, -0.1) is 0 Å². The lowest BCUT2D eigenvalue weighted by atomic mass is 10.2. The molecule has 0 atom stereocenters. The van der Waals surface area contributed by atoms with Gasteiger partial charge in [-0.1, -0.05) is 34.8 Å². The number of sulfonamides is 1. The Kier molecular flexibility index (Phi) is 5.18. The van der Waals surface area contributed by atoms with Crippen LogP contribution < -0.4 is 4.83 Å². The molecule has 0 aromatic heterocycles. The van der Waals surface area contributed by atoms with Gasteiger partial charge in [-0.05, 0) is 36.4 Å². The second-order valence-corrected chi connectivity index (χ2v) is 7.07. The van der Waals surface area contributed by atoms with E-state index in [1.807, 2.05) is 4.83 Å². The molecule has 0 aliphatic heterocycles. The minimum Gasteiger partial charge on any atom is -0.506 e. The maximum Gasteiger partial charge on any atom is 0.276 e. The van der Waals surface area contributed by atoms with Gasteiger partial charge >= 0.3 is 0 Å². The van der Waals surface area contributed by atoms with Gasteiger partial charge in [0.1, 0.15) is 5.75 Å². The molecule has 0 unspecified atom stereocenters. The van der Waals surface area contributed by atoms with Gasteiger partial charge in [0.25, 0.3) is 10.0 Å². The van der Waals surface area contributed by atoms with Crippen molar-refractivity contribution in [3.8, 4) is 5.75 Å². The molecule has 2 aromatic carbocycles. The fourth-order valence-electron chi connectivity index (χ4n) is 1.52. The molecule has 0 saturated carbocycles. The molecule has 2 rings (SSSR count). The van der Waals surface area contributed by atoms with Gasteiger partial charge in [0.05, 0.1) is 16.1 Å². The molecule has 0 spiro atoms. The third-order valence-corrected chi connectivity index (χ3v) is 4.55. The van der Waals surface area contributed by atoms with Crippen LogP contribution in [0, 0.1) is 0 Å². The lowest BCUT2D eigenvalue weighted by Crippen LogP contribution is -2.18. The Hall–Kier alpha value is -1.47. The summed E-state index contributed by atoms with van der Waals surface area (Å²) < 4.78 is 23.9. The van der Waals surface area contributed by atoms with E-state index in [-0.39, 0.29) is 26.3 Å². The van der Waals surface area contributed by atoms with Crippen LogP contribution in [0.15, 0.2) is 46.4 Å². The largest absolute Gasteiger partial charge is 0.506 e. The van der Waals surface area contributed by atoms with Gasteiger partial charge in [-0.2, -0.15) is 13.5 Å².